The maximum Gasteiger partial charge on any atom is 0.390 e. The smallest absolute Gasteiger partial charge is 0.367 e. The highest BCUT2D eigenvalue weighted by Crippen LogP contribution is 2.31. The SMILES string of the molecule is NC1CCN(Cc2cc(F)ccc2C(=O)Nc2ccc(Cl)cc2N2CCN(CCC(F)(F)F)CC2)C1. The number of nitrogens with two attached hydrogens (primary N) is 1. The van der Waals surface area contributed by atoms with E-state index in [-0.39, 0.29) is 18.5 Å². The van der Waals surface area contributed by atoms with Crippen LogP contribution in [-0.2, 0) is 6.54 Å². The van der Waals surface area contributed by atoms with Crippen LogP contribution in [0.15, 0.2) is 36.4 Å². The van der Waals surface area contributed by atoms with Gasteiger partial charge in [0.05, 0.1) is 17.8 Å². The molecule has 1 amide bonds. The van der Waals surface area contributed by atoms with Gasteiger partial charge < -0.3 is 16.0 Å². The molecule has 3 N–H and O–H groups in total. The van der Waals surface area contributed by atoms with Gasteiger partial charge in [0, 0.05) is 69.0 Å². The minimum atomic E-state index is -4.18. The predicted octanol–water partition coefficient (Wildman–Crippen LogP) is 4.34. The molecule has 0 aliphatic carbocycles. The lowest BCUT2D eigenvalue weighted by molar-refractivity contribution is -0.138. The predicted molar refractivity (Wildman–Crippen MR) is 133 cm³/mol. The lowest BCUT2D eigenvalue weighted by Crippen LogP contribution is -2.47. The minimum absolute atomic E-state index is 0.0360. The first-order chi connectivity index (χ1) is 17.1. The van der Waals surface area contributed by atoms with Crippen LogP contribution in [0.4, 0.5) is 28.9 Å². The number of piperazine rings is 1. The molecule has 1 atom stereocenters. The third kappa shape index (κ3) is 7.09. The van der Waals surface area contributed by atoms with Crippen LogP contribution in [-0.4, -0.2) is 73.7 Å². The van der Waals surface area contributed by atoms with Crippen molar-refractivity contribution in [3.8, 4) is 0 Å². The molecule has 0 spiro atoms. The number of carbonyl (C=O) groups is 1. The molecule has 2 aromatic carbocycles. The fourth-order valence-corrected chi connectivity index (χ4v) is 4.89. The van der Waals surface area contributed by atoms with E-state index in [0.29, 0.717) is 66.8 Å². The van der Waals surface area contributed by atoms with Crippen molar-refractivity contribution in [3.63, 3.8) is 0 Å². The number of carbonyl (C=O) groups excluding carboxylic acids is 1. The molecule has 0 aromatic heterocycles. The molecule has 2 fully saturated rings. The standard InChI is InChI=1S/C25H30ClF4N5O/c26-18-1-4-22(23(14-18)35-11-9-33(10-12-35)8-6-25(28,29)30)32-24(36)21-3-2-19(27)13-17(21)15-34-7-5-20(31)16-34/h1-4,13-14,20H,5-12,15-16,31H2,(H,32,36). The van der Waals surface area contributed by atoms with E-state index < -0.39 is 18.4 Å². The number of halogens is 5. The van der Waals surface area contributed by atoms with Gasteiger partial charge in [-0.2, -0.15) is 13.2 Å². The van der Waals surface area contributed by atoms with Crippen molar-refractivity contribution in [3.05, 3.63) is 58.4 Å². The number of alkyl halides is 3. The van der Waals surface area contributed by atoms with Crippen molar-refractivity contribution < 1.29 is 22.4 Å². The third-order valence-electron chi connectivity index (χ3n) is 6.65. The minimum Gasteiger partial charge on any atom is -0.367 e. The molecule has 2 aliphatic rings. The molecule has 2 heterocycles. The van der Waals surface area contributed by atoms with E-state index >= 15 is 0 Å². The maximum atomic E-state index is 14.0. The van der Waals surface area contributed by atoms with Gasteiger partial charge in [0.1, 0.15) is 5.82 Å². The number of rotatable bonds is 7. The maximum absolute atomic E-state index is 14.0. The van der Waals surface area contributed by atoms with E-state index in [0.717, 1.165) is 13.0 Å². The molecule has 0 radical (unpaired) electrons. The Hall–Kier alpha value is -2.40. The molecule has 11 heteroatoms. The number of likely N-dealkylation sites (tertiary alicyclic amines) is 1. The van der Waals surface area contributed by atoms with E-state index in [2.05, 4.69) is 10.2 Å². The van der Waals surface area contributed by atoms with Gasteiger partial charge in [0.15, 0.2) is 0 Å². The Morgan fingerprint density at radius 2 is 1.81 bits per heavy atom. The molecule has 0 saturated carbocycles. The average molecular weight is 528 g/mol. The largest absolute Gasteiger partial charge is 0.390 e. The van der Waals surface area contributed by atoms with Crippen LogP contribution in [0.25, 0.3) is 0 Å². The Morgan fingerprint density at radius 1 is 1.06 bits per heavy atom. The summed E-state index contributed by atoms with van der Waals surface area (Å²) >= 11 is 6.24. The highest BCUT2D eigenvalue weighted by molar-refractivity contribution is 6.31. The fourth-order valence-electron chi connectivity index (χ4n) is 4.72. The number of benzene rings is 2. The average Bonchev–Trinajstić information content (AvgIpc) is 3.23. The van der Waals surface area contributed by atoms with Crippen molar-refractivity contribution in [1.82, 2.24) is 9.80 Å². The Bertz CT molecular complexity index is 1070. The summed E-state index contributed by atoms with van der Waals surface area (Å²) in [5, 5.41) is 3.42. The Kier molecular flexibility index (Phi) is 8.39. The highest BCUT2D eigenvalue weighted by Gasteiger charge is 2.29. The quantitative estimate of drug-likeness (QED) is 0.525. The van der Waals surface area contributed by atoms with Crippen molar-refractivity contribution in [1.29, 1.82) is 0 Å². The van der Waals surface area contributed by atoms with Crippen LogP contribution < -0.4 is 16.0 Å². The van der Waals surface area contributed by atoms with Crippen LogP contribution in [0.2, 0.25) is 5.02 Å². The zero-order chi connectivity index (χ0) is 25.9. The topological polar surface area (TPSA) is 64.8 Å². The van der Waals surface area contributed by atoms with E-state index in [1.165, 1.54) is 18.2 Å². The summed E-state index contributed by atoms with van der Waals surface area (Å²) in [5.74, 6) is -0.790. The molecule has 6 nitrogen and oxygen atoms in total. The van der Waals surface area contributed by atoms with Gasteiger partial charge in [-0.05, 0) is 48.4 Å². The van der Waals surface area contributed by atoms with Gasteiger partial charge in [-0.1, -0.05) is 11.6 Å². The molecular weight excluding hydrogens is 498 g/mol. The number of hydrogen-bond acceptors (Lipinski definition) is 5. The molecule has 2 aromatic rings. The Labute approximate surface area is 213 Å². The van der Waals surface area contributed by atoms with Crippen LogP contribution in [0, 0.1) is 5.82 Å². The summed E-state index contributed by atoms with van der Waals surface area (Å²) in [5.41, 5.74) is 8.17. The van der Waals surface area contributed by atoms with Crippen molar-refractivity contribution in [2.75, 3.05) is 56.0 Å². The van der Waals surface area contributed by atoms with E-state index in [4.69, 9.17) is 17.3 Å². The number of hydrogen-bond donors (Lipinski definition) is 2. The third-order valence-corrected chi connectivity index (χ3v) is 6.88. The van der Waals surface area contributed by atoms with E-state index in [1.54, 1.807) is 23.1 Å². The summed E-state index contributed by atoms with van der Waals surface area (Å²) in [6.45, 7) is 3.79. The zero-order valence-corrected chi connectivity index (χ0v) is 20.6. The number of nitrogens with one attached hydrogen (secondary N) is 1. The van der Waals surface area contributed by atoms with Crippen LogP contribution in [0.1, 0.15) is 28.8 Å². The van der Waals surface area contributed by atoms with Gasteiger partial charge in [0.2, 0.25) is 0 Å². The van der Waals surface area contributed by atoms with E-state index in [1.807, 2.05) is 4.90 Å². The molecule has 2 saturated heterocycles. The van der Waals surface area contributed by atoms with E-state index in [9.17, 15) is 22.4 Å². The highest BCUT2D eigenvalue weighted by atomic mass is 35.5. The first kappa shape index (κ1) is 26.7. The molecule has 4 rings (SSSR count). The van der Waals surface area contributed by atoms with Gasteiger partial charge in [-0.3, -0.25) is 14.6 Å². The van der Waals surface area contributed by atoms with Crippen molar-refractivity contribution >= 4 is 28.9 Å². The molecule has 1 unspecified atom stereocenters. The van der Waals surface area contributed by atoms with Crippen molar-refractivity contribution in [2.45, 2.75) is 31.6 Å². The summed E-state index contributed by atoms with van der Waals surface area (Å²) in [6, 6.07) is 9.29. The Balaban J connectivity index is 1.47. The summed E-state index contributed by atoms with van der Waals surface area (Å²) < 4.78 is 51.7. The number of nitrogens with zero attached hydrogens (tertiary/aromatic N) is 3. The first-order valence-electron chi connectivity index (χ1n) is 12.0. The van der Waals surface area contributed by atoms with Crippen LogP contribution in [0.5, 0.6) is 0 Å². The zero-order valence-electron chi connectivity index (χ0n) is 19.8. The van der Waals surface area contributed by atoms with Crippen molar-refractivity contribution in [2.24, 2.45) is 5.73 Å². The monoisotopic (exact) mass is 527 g/mol. The molecule has 0 bridgehead atoms. The molecule has 36 heavy (non-hydrogen) atoms. The number of amides is 1. The molecular formula is C25H30ClF4N5O. The summed E-state index contributed by atoms with van der Waals surface area (Å²) in [7, 11) is 0. The molecule has 2 aliphatic heterocycles. The summed E-state index contributed by atoms with van der Waals surface area (Å²) in [4.78, 5) is 19.2. The second-order valence-corrected chi connectivity index (χ2v) is 9.83. The summed E-state index contributed by atoms with van der Waals surface area (Å²) in [6.07, 6.45) is -4.16. The fraction of sp³-hybridized carbons (Fsp3) is 0.480. The van der Waals surface area contributed by atoms with Crippen LogP contribution >= 0.6 is 11.6 Å². The molecule has 196 valence electrons. The lowest BCUT2D eigenvalue weighted by atomic mass is 10.1. The lowest BCUT2D eigenvalue weighted by Gasteiger charge is -2.37. The Morgan fingerprint density at radius 3 is 2.47 bits per heavy atom. The second kappa shape index (κ2) is 11.3. The first-order valence-corrected chi connectivity index (χ1v) is 12.4. The van der Waals surface area contributed by atoms with Gasteiger partial charge >= 0.3 is 6.18 Å². The van der Waals surface area contributed by atoms with Gasteiger partial charge in [-0.25, -0.2) is 4.39 Å². The van der Waals surface area contributed by atoms with Gasteiger partial charge in [0.25, 0.3) is 5.91 Å². The van der Waals surface area contributed by atoms with Crippen LogP contribution in [0.3, 0.4) is 0 Å². The normalized spacial score (nSPS) is 19.6. The second-order valence-electron chi connectivity index (χ2n) is 9.39. The number of anilines is 2. The van der Waals surface area contributed by atoms with Gasteiger partial charge in [-0.15, -0.1) is 0 Å².